The number of hydrogen-bond acceptors (Lipinski definition) is 6. The lowest BCUT2D eigenvalue weighted by atomic mass is 10.2. The molecule has 0 unspecified atom stereocenters. The second kappa shape index (κ2) is 8.14. The van der Waals surface area contributed by atoms with Crippen LogP contribution in [-0.2, 0) is 12.8 Å². The fourth-order valence-electron chi connectivity index (χ4n) is 2.97. The van der Waals surface area contributed by atoms with Crippen molar-refractivity contribution >= 4 is 45.7 Å². The molecule has 8 heteroatoms. The van der Waals surface area contributed by atoms with Crippen molar-refractivity contribution in [2.45, 2.75) is 17.8 Å². The molecule has 148 valence electrons. The first-order chi connectivity index (χ1) is 14.0. The molecular formula is C21H19N3O2S3. The van der Waals surface area contributed by atoms with Crippen LogP contribution in [0.4, 0.5) is 0 Å². The number of benzene rings is 2. The van der Waals surface area contributed by atoms with Crippen LogP contribution < -0.4 is 10.3 Å². The molecule has 0 atom stereocenters. The van der Waals surface area contributed by atoms with E-state index in [1.807, 2.05) is 60.0 Å². The first kappa shape index (κ1) is 19.9. The van der Waals surface area contributed by atoms with Gasteiger partial charge in [0.15, 0.2) is 14.8 Å². The molecule has 29 heavy (non-hydrogen) atoms. The third-order valence-corrected chi connectivity index (χ3v) is 7.02. The monoisotopic (exact) mass is 441 g/mol. The van der Waals surface area contributed by atoms with Crippen LogP contribution in [0.3, 0.4) is 0 Å². The zero-order chi connectivity index (χ0) is 20.5. The summed E-state index contributed by atoms with van der Waals surface area (Å²) < 4.78 is 9.95. The number of aromatic nitrogens is 3. The molecule has 0 radical (unpaired) electrons. The first-order valence-corrected chi connectivity index (χ1v) is 11.1. The maximum absolute atomic E-state index is 13.0. The van der Waals surface area contributed by atoms with Crippen molar-refractivity contribution in [1.82, 2.24) is 14.1 Å². The van der Waals surface area contributed by atoms with E-state index in [0.29, 0.717) is 25.2 Å². The predicted octanol–water partition coefficient (Wildman–Crippen LogP) is 5.12. The number of ether oxygens (including phenoxy) is 1. The van der Waals surface area contributed by atoms with Crippen molar-refractivity contribution in [2.75, 3.05) is 7.11 Å². The molecule has 5 nitrogen and oxygen atoms in total. The fourth-order valence-corrected chi connectivity index (χ4v) is 5.23. The molecule has 0 bridgehead atoms. The lowest BCUT2D eigenvalue weighted by Crippen LogP contribution is -2.19. The van der Waals surface area contributed by atoms with Crippen LogP contribution in [0.1, 0.15) is 11.1 Å². The van der Waals surface area contributed by atoms with Gasteiger partial charge in [-0.15, -0.1) is 0 Å². The van der Waals surface area contributed by atoms with Gasteiger partial charge in [-0.25, -0.2) is 4.98 Å². The fraction of sp³-hybridized carbons (Fsp3) is 0.190. The van der Waals surface area contributed by atoms with E-state index in [2.05, 4.69) is 0 Å². The lowest BCUT2D eigenvalue weighted by molar-refractivity contribution is 0.414. The van der Waals surface area contributed by atoms with Crippen LogP contribution >= 0.6 is 35.3 Å². The molecule has 0 saturated carbocycles. The molecule has 0 aliphatic heterocycles. The minimum absolute atomic E-state index is 0.0786. The first-order valence-electron chi connectivity index (χ1n) is 8.93. The molecule has 0 spiro atoms. The van der Waals surface area contributed by atoms with Gasteiger partial charge in [-0.3, -0.25) is 13.9 Å². The summed E-state index contributed by atoms with van der Waals surface area (Å²) in [5, 5.41) is 0.652. The van der Waals surface area contributed by atoms with Gasteiger partial charge in [-0.2, -0.15) is 0 Å². The number of thioether (sulfide) groups is 1. The van der Waals surface area contributed by atoms with E-state index >= 15 is 0 Å². The van der Waals surface area contributed by atoms with E-state index in [1.54, 1.807) is 18.7 Å². The van der Waals surface area contributed by atoms with Gasteiger partial charge in [0.05, 0.1) is 7.11 Å². The molecular weight excluding hydrogens is 422 g/mol. The summed E-state index contributed by atoms with van der Waals surface area (Å²) in [5.74, 6) is 1.49. The number of rotatable bonds is 5. The Labute approximate surface area is 181 Å². The molecule has 0 aliphatic rings. The summed E-state index contributed by atoms with van der Waals surface area (Å²) in [5.41, 5.74) is 3.71. The van der Waals surface area contributed by atoms with Crippen molar-refractivity contribution in [3.63, 3.8) is 0 Å². The topological polar surface area (TPSA) is 49.1 Å². The van der Waals surface area contributed by atoms with E-state index in [1.165, 1.54) is 28.7 Å². The highest BCUT2D eigenvalue weighted by Crippen LogP contribution is 2.27. The average molecular weight is 442 g/mol. The Hall–Kier alpha value is -2.42. The van der Waals surface area contributed by atoms with Crippen LogP contribution in [0, 0.1) is 10.9 Å². The summed E-state index contributed by atoms with van der Waals surface area (Å²) in [6.07, 6.45) is 0. The number of methoxy groups -OCH3 is 1. The number of fused-ring (bicyclic) bond motifs is 1. The Morgan fingerprint density at radius 3 is 2.69 bits per heavy atom. The Balaban J connectivity index is 1.78. The van der Waals surface area contributed by atoms with Crippen LogP contribution in [0.2, 0.25) is 0 Å². The van der Waals surface area contributed by atoms with E-state index < -0.39 is 0 Å². The zero-order valence-electron chi connectivity index (χ0n) is 16.2. The molecule has 4 aromatic rings. The zero-order valence-corrected chi connectivity index (χ0v) is 18.7. The summed E-state index contributed by atoms with van der Waals surface area (Å²) in [4.78, 5) is 17.8. The van der Waals surface area contributed by atoms with E-state index in [-0.39, 0.29) is 5.56 Å². The van der Waals surface area contributed by atoms with Gasteiger partial charge in [0.2, 0.25) is 0 Å². The van der Waals surface area contributed by atoms with Gasteiger partial charge in [0.25, 0.3) is 5.56 Å². The van der Waals surface area contributed by atoms with E-state index in [0.717, 1.165) is 17.0 Å². The third kappa shape index (κ3) is 3.88. The predicted molar refractivity (Wildman–Crippen MR) is 122 cm³/mol. The van der Waals surface area contributed by atoms with Crippen molar-refractivity contribution < 1.29 is 4.74 Å². The van der Waals surface area contributed by atoms with Gasteiger partial charge in [-0.05, 0) is 49.0 Å². The lowest BCUT2D eigenvalue weighted by Gasteiger charge is -2.10. The third-order valence-electron chi connectivity index (χ3n) is 4.57. The normalized spacial score (nSPS) is 11.1. The van der Waals surface area contributed by atoms with Gasteiger partial charge < -0.3 is 4.74 Å². The van der Waals surface area contributed by atoms with Crippen molar-refractivity contribution in [1.29, 1.82) is 0 Å². The minimum atomic E-state index is -0.0786. The molecule has 2 aromatic heterocycles. The standard InChI is InChI=1S/C21H19N3O2S3/c1-13-7-9-15(10-8-13)24-18-17(29-21(24)27)19(25)23(2)20(22-18)28-12-14-5-4-6-16(11-14)26-3/h4-11H,12H2,1-3H3. The molecule has 4 rings (SSSR count). The van der Waals surface area contributed by atoms with Crippen LogP contribution in [0.25, 0.3) is 16.0 Å². The quantitative estimate of drug-likeness (QED) is 0.244. The number of nitrogens with zero attached hydrogens (tertiary/aromatic N) is 3. The Kier molecular flexibility index (Phi) is 5.58. The summed E-state index contributed by atoms with van der Waals surface area (Å²) in [7, 11) is 3.40. The Morgan fingerprint density at radius 1 is 1.21 bits per heavy atom. The molecule has 0 saturated heterocycles. The highest BCUT2D eigenvalue weighted by atomic mass is 32.2. The number of thiazole rings is 1. The van der Waals surface area contributed by atoms with E-state index in [4.69, 9.17) is 21.9 Å². The van der Waals surface area contributed by atoms with Crippen molar-refractivity contribution in [3.8, 4) is 11.4 Å². The maximum Gasteiger partial charge on any atom is 0.273 e. The summed E-state index contributed by atoms with van der Waals surface area (Å²) in [6, 6.07) is 15.9. The van der Waals surface area contributed by atoms with Crippen LogP contribution in [0.5, 0.6) is 5.75 Å². The summed E-state index contributed by atoms with van der Waals surface area (Å²) in [6.45, 7) is 2.04. The van der Waals surface area contributed by atoms with Gasteiger partial charge in [0.1, 0.15) is 10.4 Å². The maximum atomic E-state index is 13.0. The number of aryl methyl sites for hydroxylation is 1. The van der Waals surface area contributed by atoms with E-state index in [9.17, 15) is 4.79 Å². The smallest absolute Gasteiger partial charge is 0.273 e. The highest BCUT2D eigenvalue weighted by molar-refractivity contribution is 7.98. The largest absolute Gasteiger partial charge is 0.497 e. The number of hydrogen-bond donors (Lipinski definition) is 0. The molecule has 2 heterocycles. The van der Waals surface area contributed by atoms with Gasteiger partial charge >= 0.3 is 0 Å². The summed E-state index contributed by atoms with van der Waals surface area (Å²) >= 11 is 8.38. The van der Waals surface area contributed by atoms with Crippen LogP contribution in [-0.4, -0.2) is 21.2 Å². The van der Waals surface area contributed by atoms with Crippen LogP contribution in [0.15, 0.2) is 58.5 Å². The molecule has 0 N–H and O–H groups in total. The molecule has 0 amide bonds. The van der Waals surface area contributed by atoms with Crippen molar-refractivity contribution in [2.24, 2.45) is 7.05 Å². The minimum Gasteiger partial charge on any atom is -0.497 e. The highest BCUT2D eigenvalue weighted by Gasteiger charge is 2.16. The van der Waals surface area contributed by atoms with Gasteiger partial charge in [-0.1, -0.05) is 52.9 Å². The Bertz CT molecular complexity index is 1300. The Morgan fingerprint density at radius 2 is 1.97 bits per heavy atom. The molecule has 0 fully saturated rings. The molecule has 0 aliphatic carbocycles. The molecule has 2 aromatic carbocycles. The van der Waals surface area contributed by atoms with Crippen molar-refractivity contribution in [3.05, 3.63) is 74.0 Å². The average Bonchev–Trinajstić information content (AvgIpc) is 3.06. The second-order valence-electron chi connectivity index (χ2n) is 6.59. The second-order valence-corrected chi connectivity index (χ2v) is 9.18. The SMILES string of the molecule is COc1cccc(CSc2nc3c(sc(=S)n3-c3ccc(C)cc3)c(=O)n2C)c1. The van der Waals surface area contributed by atoms with Gasteiger partial charge in [0, 0.05) is 18.5 Å².